The molecule has 6 heteroatoms. The van der Waals surface area contributed by atoms with Crippen molar-refractivity contribution in [2.24, 2.45) is 0 Å². The Morgan fingerprint density at radius 2 is 2.24 bits per heavy atom. The van der Waals surface area contributed by atoms with Crippen LogP contribution < -0.4 is 5.32 Å². The Hall–Kier alpha value is -2.21. The zero-order chi connectivity index (χ0) is 14.7. The van der Waals surface area contributed by atoms with Crippen molar-refractivity contribution < 1.29 is 9.53 Å². The molecule has 1 N–H and O–H groups in total. The molecule has 1 saturated heterocycles. The van der Waals surface area contributed by atoms with Crippen molar-refractivity contribution in [3.8, 4) is 0 Å². The van der Waals surface area contributed by atoms with Gasteiger partial charge in [-0.3, -0.25) is 9.88 Å². The maximum Gasteiger partial charge on any atom is 0.410 e. The Bertz CT molecular complexity index is 646. The average molecular weight is 286 g/mol. The zero-order valence-corrected chi connectivity index (χ0v) is 12.0. The molecule has 1 aromatic carbocycles. The van der Waals surface area contributed by atoms with Crippen LogP contribution in [-0.2, 0) is 4.74 Å². The number of aromatic nitrogens is 2. The summed E-state index contributed by atoms with van der Waals surface area (Å²) in [7, 11) is 0. The maximum atomic E-state index is 12.1. The molecule has 21 heavy (non-hydrogen) atoms. The Labute approximate surface area is 123 Å². The second-order valence-corrected chi connectivity index (χ2v) is 4.90. The van der Waals surface area contributed by atoms with E-state index in [1.807, 2.05) is 31.2 Å². The standard InChI is InChI=1S/C15H18N4O2/c1-2-21-15(20)19-8-7-16-10-14(19)13-9-17-11-5-3-4-6-12(11)18-13/h3-6,9,14,16H,2,7-8,10H2,1H3. The quantitative estimate of drug-likeness (QED) is 0.910. The summed E-state index contributed by atoms with van der Waals surface area (Å²) >= 11 is 0. The first-order valence-electron chi connectivity index (χ1n) is 7.15. The number of piperazine rings is 1. The SMILES string of the molecule is CCOC(=O)N1CCNCC1c1cnc2ccccc2n1. The molecular weight excluding hydrogens is 268 g/mol. The van der Waals surface area contributed by atoms with Crippen LogP contribution in [0.1, 0.15) is 18.7 Å². The highest BCUT2D eigenvalue weighted by molar-refractivity contribution is 5.74. The first-order chi connectivity index (χ1) is 10.3. The summed E-state index contributed by atoms with van der Waals surface area (Å²) in [5.41, 5.74) is 2.48. The van der Waals surface area contributed by atoms with Gasteiger partial charge in [0.1, 0.15) is 0 Å². The van der Waals surface area contributed by atoms with Crippen LogP contribution in [0.3, 0.4) is 0 Å². The third kappa shape index (κ3) is 2.80. The summed E-state index contributed by atoms with van der Waals surface area (Å²) in [5, 5.41) is 3.29. The van der Waals surface area contributed by atoms with Crippen LogP contribution in [0.4, 0.5) is 4.79 Å². The molecule has 1 atom stereocenters. The Balaban J connectivity index is 1.92. The van der Waals surface area contributed by atoms with Crippen molar-refractivity contribution in [1.29, 1.82) is 0 Å². The number of carbonyl (C=O) groups excluding carboxylic acids is 1. The lowest BCUT2D eigenvalue weighted by Gasteiger charge is -2.34. The molecule has 0 bridgehead atoms. The molecule has 0 spiro atoms. The van der Waals surface area contributed by atoms with Crippen LogP contribution >= 0.6 is 0 Å². The number of nitrogens with zero attached hydrogens (tertiary/aromatic N) is 3. The lowest BCUT2D eigenvalue weighted by molar-refractivity contribution is 0.0801. The lowest BCUT2D eigenvalue weighted by Crippen LogP contribution is -2.49. The number of nitrogens with one attached hydrogen (secondary N) is 1. The van der Waals surface area contributed by atoms with Gasteiger partial charge in [-0.25, -0.2) is 9.78 Å². The van der Waals surface area contributed by atoms with Crippen molar-refractivity contribution >= 4 is 17.1 Å². The van der Waals surface area contributed by atoms with Crippen LogP contribution in [0.25, 0.3) is 11.0 Å². The van der Waals surface area contributed by atoms with Crippen LogP contribution in [0.2, 0.25) is 0 Å². The van der Waals surface area contributed by atoms with Crippen LogP contribution in [0, 0.1) is 0 Å². The highest BCUT2D eigenvalue weighted by atomic mass is 16.6. The lowest BCUT2D eigenvalue weighted by atomic mass is 10.1. The summed E-state index contributed by atoms with van der Waals surface area (Å²) in [6.45, 7) is 4.21. The fourth-order valence-electron chi connectivity index (χ4n) is 2.53. The number of hydrogen-bond acceptors (Lipinski definition) is 5. The molecule has 3 rings (SSSR count). The molecule has 110 valence electrons. The molecule has 1 aliphatic heterocycles. The van der Waals surface area contributed by atoms with Gasteiger partial charge < -0.3 is 10.1 Å². The second-order valence-electron chi connectivity index (χ2n) is 4.90. The van der Waals surface area contributed by atoms with E-state index >= 15 is 0 Å². The number of benzene rings is 1. The molecule has 1 unspecified atom stereocenters. The van der Waals surface area contributed by atoms with Gasteiger partial charge in [0.05, 0.1) is 35.6 Å². The van der Waals surface area contributed by atoms with Gasteiger partial charge in [-0.05, 0) is 19.1 Å². The Morgan fingerprint density at radius 1 is 1.43 bits per heavy atom. The number of carbonyl (C=O) groups is 1. The monoisotopic (exact) mass is 286 g/mol. The van der Waals surface area contributed by atoms with Gasteiger partial charge in [0.25, 0.3) is 0 Å². The summed E-state index contributed by atoms with van der Waals surface area (Å²) < 4.78 is 5.13. The fraction of sp³-hybridized carbons (Fsp3) is 0.400. The average Bonchev–Trinajstić information content (AvgIpc) is 2.54. The third-order valence-corrected chi connectivity index (χ3v) is 3.55. The van der Waals surface area contributed by atoms with Crippen LogP contribution in [0.15, 0.2) is 30.5 Å². The minimum atomic E-state index is -0.293. The molecule has 0 aliphatic carbocycles. The van der Waals surface area contributed by atoms with Crippen molar-refractivity contribution in [3.05, 3.63) is 36.2 Å². The van der Waals surface area contributed by atoms with Gasteiger partial charge in [-0.1, -0.05) is 12.1 Å². The van der Waals surface area contributed by atoms with E-state index in [2.05, 4.69) is 15.3 Å². The molecule has 1 aromatic heterocycles. The minimum absolute atomic E-state index is 0.144. The van der Waals surface area contributed by atoms with Crippen molar-refractivity contribution in [2.45, 2.75) is 13.0 Å². The number of para-hydroxylation sites is 2. The first kappa shape index (κ1) is 13.8. The summed E-state index contributed by atoms with van der Waals surface area (Å²) in [4.78, 5) is 22.9. The van der Waals surface area contributed by atoms with Gasteiger partial charge >= 0.3 is 6.09 Å². The number of hydrogen-bond donors (Lipinski definition) is 1. The molecule has 2 aromatic rings. The zero-order valence-electron chi connectivity index (χ0n) is 12.0. The van der Waals surface area contributed by atoms with E-state index in [-0.39, 0.29) is 12.1 Å². The fourth-order valence-corrected chi connectivity index (χ4v) is 2.53. The summed E-state index contributed by atoms with van der Waals surface area (Å²) in [6.07, 6.45) is 1.45. The molecule has 1 amide bonds. The maximum absolute atomic E-state index is 12.1. The van der Waals surface area contributed by atoms with Crippen LogP contribution in [-0.4, -0.2) is 47.2 Å². The van der Waals surface area contributed by atoms with E-state index in [0.29, 0.717) is 19.7 Å². The van der Waals surface area contributed by atoms with Gasteiger partial charge in [0, 0.05) is 19.6 Å². The minimum Gasteiger partial charge on any atom is -0.450 e. The normalized spacial score (nSPS) is 18.7. The topological polar surface area (TPSA) is 67.3 Å². The van der Waals surface area contributed by atoms with Crippen LogP contribution in [0.5, 0.6) is 0 Å². The van der Waals surface area contributed by atoms with E-state index in [0.717, 1.165) is 23.3 Å². The van der Waals surface area contributed by atoms with Crippen molar-refractivity contribution in [3.63, 3.8) is 0 Å². The number of rotatable bonds is 2. The predicted octanol–water partition coefficient (Wildman–Crippen LogP) is 1.73. The van der Waals surface area contributed by atoms with Crippen molar-refractivity contribution in [2.75, 3.05) is 26.2 Å². The highest BCUT2D eigenvalue weighted by Crippen LogP contribution is 2.22. The molecule has 1 aliphatic rings. The van der Waals surface area contributed by atoms with Gasteiger partial charge in [0.15, 0.2) is 0 Å². The number of fused-ring (bicyclic) bond motifs is 1. The molecule has 6 nitrogen and oxygen atoms in total. The number of ether oxygens (including phenoxy) is 1. The number of amides is 1. The van der Waals surface area contributed by atoms with E-state index in [1.165, 1.54) is 0 Å². The first-order valence-corrected chi connectivity index (χ1v) is 7.15. The van der Waals surface area contributed by atoms with Gasteiger partial charge in [-0.15, -0.1) is 0 Å². The van der Waals surface area contributed by atoms with Crippen molar-refractivity contribution in [1.82, 2.24) is 20.2 Å². The largest absolute Gasteiger partial charge is 0.450 e. The van der Waals surface area contributed by atoms with E-state index in [9.17, 15) is 4.79 Å². The van der Waals surface area contributed by atoms with E-state index < -0.39 is 0 Å². The molecule has 0 radical (unpaired) electrons. The van der Waals surface area contributed by atoms with E-state index in [1.54, 1.807) is 11.1 Å². The molecule has 0 saturated carbocycles. The Morgan fingerprint density at radius 3 is 3.05 bits per heavy atom. The molecule has 1 fully saturated rings. The molecule has 2 heterocycles. The third-order valence-electron chi connectivity index (χ3n) is 3.55. The second kappa shape index (κ2) is 6.05. The molecular formula is C15H18N4O2. The predicted molar refractivity (Wildman–Crippen MR) is 78.9 cm³/mol. The summed E-state index contributed by atoms with van der Waals surface area (Å²) in [5.74, 6) is 0. The highest BCUT2D eigenvalue weighted by Gasteiger charge is 2.30. The van der Waals surface area contributed by atoms with Gasteiger partial charge in [-0.2, -0.15) is 0 Å². The van der Waals surface area contributed by atoms with Gasteiger partial charge in [0.2, 0.25) is 0 Å². The summed E-state index contributed by atoms with van der Waals surface area (Å²) in [6, 6.07) is 7.58. The van der Waals surface area contributed by atoms with E-state index in [4.69, 9.17) is 4.74 Å². The Kier molecular flexibility index (Phi) is 3.96. The smallest absolute Gasteiger partial charge is 0.410 e.